The minimum Gasteiger partial charge on any atom is -0.464 e. The number of nitrogen functional groups attached to an aromatic ring is 1. The van der Waals surface area contributed by atoms with E-state index in [1.54, 1.807) is 23.9 Å². The van der Waals surface area contributed by atoms with Crippen molar-refractivity contribution in [1.82, 2.24) is 4.98 Å². The van der Waals surface area contributed by atoms with Crippen LogP contribution in [0.25, 0.3) is 0 Å². The fourth-order valence-corrected chi connectivity index (χ4v) is 2.12. The molecule has 0 bridgehead atoms. The zero-order valence-electron chi connectivity index (χ0n) is 9.53. The number of esters is 1. The molecule has 0 saturated carbocycles. The molecule has 16 heavy (non-hydrogen) atoms. The van der Waals surface area contributed by atoms with Crippen LogP contribution >= 0.6 is 11.8 Å². The van der Waals surface area contributed by atoms with Crippen LogP contribution in [0.1, 0.15) is 30.3 Å². The highest BCUT2D eigenvalue weighted by atomic mass is 32.2. The van der Waals surface area contributed by atoms with Gasteiger partial charge in [0, 0.05) is 0 Å². The number of hydrogen-bond donors (Lipinski definition) is 1. The quantitative estimate of drug-likeness (QED) is 0.486. The van der Waals surface area contributed by atoms with Gasteiger partial charge in [0.2, 0.25) is 0 Å². The molecular weight excluding hydrogens is 224 g/mol. The van der Waals surface area contributed by atoms with Crippen molar-refractivity contribution in [3.8, 4) is 0 Å². The van der Waals surface area contributed by atoms with Crippen molar-refractivity contribution >= 4 is 23.4 Å². The van der Waals surface area contributed by atoms with Gasteiger partial charge in [-0.25, -0.2) is 9.78 Å². The molecule has 0 aliphatic rings. The van der Waals surface area contributed by atoms with Crippen molar-refractivity contribution in [2.24, 2.45) is 0 Å². The number of unbranched alkanes of at least 4 members (excludes halogenated alkanes) is 1. The average molecular weight is 240 g/mol. The van der Waals surface area contributed by atoms with Gasteiger partial charge in [-0.2, -0.15) is 0 Å². The van der Waals surface area contributed by atoms with Gasteiger partial charge >= 0.3 is 5.97 Å². The molecule has 0 aromatic carbocycles. The van der Waals surface area contributed by atoms with E-state index < -0.39 is 5.97 Å². The SMILES string of the molecule is CCCCSc1nc(C(=O)OC)ccc1N. The lowest BCUT2D eigenvalue weighted by molar-refractivity contribution is 0.0593. The lowest BCUT2D eigenvalue weighted by Gasteiger charge is -2.05. The molecule has 1 aromatic rings. The summed E-state index contributed by atoms with van der Waals surface area (Å²) >= 11 is 1.57. The second-order valence-electron chi connectivity index (χ2n) is 3.28. The summed E-state index contributed by atoms with van der Waals surface area (Å²) in [6.07, 6.45) is 2.23. The first-order chi connectivity index (χ1) is 7.69. The highest BCUT2D eigenvalue weighted by Gasteiger charge is 2.10. The van der Waals surface area contributed by atoms with Crippen LogP contribution in [-0.2, 0) is 4.74 Å². The Kier molecular flexibility index (Phi) is 5.11. The molecule has 2 N–H and O–H groups in total. The maximum Gasteiger partial charge on any atom is 0.356 e. The zero-order chi connectivity index (χ0) is 12.0. The Hall–Kier alpha value is -1.23. The molecule has 1 aromatic heterocycles. The van der Waals surface area contributed by atoms with Crippen LogP contribution in [0.3, 0.4) is 0 Å². The summed E-state index contributed by atoms with van der Waals surface area (Å²) in [6.45, 7) is 2.13. The summed E-state index contributed by atoms with van der Waals surface area (Å²) in [5, 5.41) is 0.705. The highest BCUT2D eigenvalue weighted by Crippen LogP contribution is 2.24. The third kappa shape index (κ3) is 3.41. The van der Waals surface area contributed by atoms with E-state index in [0.717, 1.165) is 18.6 Å². The summed E-state index contributed by atoms with van der Waals surface area (Å²) in [5.74, 6) is 0.524. The van der Waals surface area contributed by atoms with Crippen molar-refractivity contribution in [1.29, 1.82) is 0 Å². The van der Waals surface area contributed by atoms with E-state index in [0.29, 0.717) is 16.4 Å². The Morgan fingerprint density at radius 2 is 2.31 bits per heavy atom. The number of carbonyl (C=O) groups excluding carboxylic acids is 1. The average Bonchev–Trinajstić information content (AvgIpc) is 2.31. The molecule has 0 atom stereocenters. The van der Waals surface area contributed by atoms with Crippen molar-refractivity contribution in [3.05, 3.63) is 17.8 Å². The molecule has 0 fully saturated rings. The third-order valence-corrected chi connectivity index (χ3v) is 3.11. The first-order valence-corrected chi connectivity index (χ1v) is 6.15. The van der Waals surface area contributed by atoms with Crippen LogP contribution in [0.4, 0.5) is 5.69 Å². The number of carbonyl (C=O) groups is 1. The summed E-state index contributed by atoms with van der Waals surface area (Å²) < 4.78 is 4.61. The molecule has 5 heteroatoms. The maximum absolute atomic E-state index is 11.3. The normalized spacial score (nSPS) is 10.1. The van der Waals surface area contributed by atoms with E-state index in [4.69, 9.17) is 5.73 Å². The van der Waals surface area contributed by atoms with Gasteiger partial charge in [-0.05, 0) is 24.3 Å². The van der Waals surface area contributed by atoms with E-state index >= 15 is 0 Å². The number of nitrogens with zero attached hydrogens (tertiary/aromatic N) is 1. The molecule has 1 rings (SSSR count). The van der Waals surface area contributed by atoms with Gasteiger partial charge in [0.05, 0.1) is 12.8 Å². The van der Waals surface area contributed by atoms with E-state index in [1.165, 1.54) is 7.11 Å². The molecule has 0 aliphatic heterocycles. The van der Waals surface area contributed by atoms with Gasteiger partial charge in [0.15, 0.2) is 0 Å². The molecule has 4 nitrogen and oxygen atoms in total. The van der Waals surface area contributed by atoms with E-state index in [9.17, 15) is 4.79 Å². The number of anilines is 1. The van der Waals surface area contributed by atoms with Crippen LogP contribution in [0, 0.1) is 0 Å². The smallest absolute Gasteiger partial charge is 0.356 e. The number of hydrogen-bond acceptors (Lipinski definition) is 5. The van der Waals surface area contributed by atoms with Gasteiger partial charge in [0.1, 0.15) is 10.7 Å². The van der Waals surface area contributed by atoms with E-state index in [1.807, 2.05) is 0 Å². The maximum atomic E-state index is 11.3. The summed E-state index contributed by atoms with van der Waals surface area (Å²) in [5.41, 5.74) is 6.68. The number of methoxy groups -OCH3 is 1. The number of thioether (sulfide) groups is 1. The second kappa shape index (κ2) is 6.37. The predicted octanol–water partition coefficient (Wildman–Crippen LogP) is 2.34. The Balaban J connectivity index is 2.78. The monoisotopic (exact) mass is 240 g/mol. The second-order valence-corrected chi connectivity index (χ2v) is 4.37. The Labute approximate surface area is 99.6 Å². The first-order valence-electron chi connectivity index (χ1n) is 5.16. The minimum absolute atomic E-state index is 0.302. The molecule has 88 valence electrons. The molecule has 1 heterocycles. The van der Waals surface area contributed by atoms with Crippen molar-refractivity contribution in [2.75, 3.05) is 18.6 Å². The lowest BCUT2D eigenvalue weighted by atomic mass is 10.3. The zero-order valence-corrected chi connectivity index (χ0v) is 10.3. The number of pyridine rings is 1. The number of ether oxygens (including phenoxy) is 1. The molecule has 0 aliphatic carbocycles. The fraction of sp³-hybridized carbons (Fsp3) is 0.455. The fourth-order valence-electron chi connectivity index (χ4n) is 1.10. The third-order valence-electron chi connectivity index (χ3n) is 2.02. The van der Waals surface area contributed by atoms with Crippen LogP contribution < -0.4 is 5.73 Å². The van der Waals surface area contributed by atoms with Gasteiger partial charge in [0.25, 0.3) is 0 Å². The first kappa shape index (κ1) is 12.8. The Bertz CT molecular complexity index is 369. The predicted molar refractivity (Wildman–Crippen MR) is 65.6 cm³/mol. The van der Waals surface area contributed by atoms with Crippen molar-refractivity contribution in [2.45, 2.75) is 24.8 Å². The lowest BCUT2D eigenvalue weighted by Crippen LogP contribution is -2.06. The molecule has 0 amide bonds. The minimum atomic E-state index is -0.433. The van der Waals surface area contributed by atoms with E-state index in [2.05, 4.69) is 16.6 Å². The van der Waals surface area contributed by atoms with Crippen molar-refractivity contribution < 1.29 is 9.53 Å². The largest absolute Gasteiger partial charge is 0.464 e. The molecule has 0 saturated heterocycles. The van der Waals surface area contributed by atoms with Gasteiger partial charge < -0.3 is 10.5 Å². The molecule has 0 radical (unpaired) electrons. The van der Waals surface area contributed by atoms with Crippen molar-refractivity contribution in [3.63, 3.8) is 0 Å². The van der Waals surface area contributed by atoms with Crippen LogP contribution in [0.15, 0.2) is 17.2 Å². The number of rotatable bonds is 5. The summed E-state index contributed by atoms with van der Waals surface area (Å²) in [7, 11) is 1.34. The van der Waals surface area contributed by atoms with Gasteiger partial charge in [-0.3, -0.25) is 0 Å². The van der Waals surface area contributed by atoms with E-state index in [-0.39, 0.29) is 0 Å². The highest BCUT2D eigenvalue weighted by molar-refractivity contribution is 7.99. The Morgan fingerprint density at radius 1 is 1.56 bits per heavy atom. The number of nitrogens with two attached hydrogens (primary N) is 1. The summed E-state index contributed by atoms with van der Waals surface area (Å²) in [4.78, 5) is 15.5. The summed E-state index contributed by atoms with van der Waals surface area (Å²) in [6, 6.07) is 3.26. The van der Waals surface area contributed by atoms with Crippen LogP contribution in [0.5, 0.6) is 0 Å². The van der Waals surface area contributed by atoms with Gasteiger partial charge in [-0.15, -0.1) is 11.8 Å². The standard InChI is InChI=1S/C11H16N2O2S/c1-3-4-7-16-10-8(12)5-6-9(13-10)11(14)15-2/h5-6H,3-4,7,12H2,1-2H3. The Morgan fingerprint density at radius 3 is 2.94 bits per heavy atom. The van der Waals surface area contributed by atoms with Crippen LogP contribution in [0.2, 0.25) is 0 Å². The molecule has 0 spiro atoms. The van der Waals surface area contributed by atoms with Crippen LogP contribution in [-0.4, -0.2) is 23.8 Å². The van der Waals surface area contributed by atoms with Gasteiger partial charge in [-0.1, -0.05) is 13.3 Å². The molecular formula is C11H16N2O2S. The number of aromatic nitrogens is 1. The topological polar surface area (TPSA) is 65.2 Å². The molecule has 0 unspecified atom stereocenters.